The number of H-pyrrole nitrogens is 1. The first-order chi connectivity index (χ1) is 9.94. The molecule has 5 heteroatoms. The number of nitrogens with one attached hydrogen (secondary N) is 2. The minimum atomic E-state index is -0.111. The third-order valence-electron chi connectivity index (χ3n) is 3.01. The number of benzene rings is 1. The molecular weight excluding hydrogens is 282 g/mol. The lowest BCUT2D eigenvalue weighted by atomic mass is 10.1. The molecule has 0 atom stereocenters. The zero-order valence-electron chi connectivity index (χ0n) is 12.9. The Bertz CT molecular complexity index is 679. The molecule has 2 N–H and O–H groups in total. The fourth-order valence-corrected chi connectivity index (χ4v) is 2.87. The van der Waals surface area contributed by atoms with Crippen molar-refractivity contribution in [2.24, 2.45) is 0 Å². The Hall–Kier alpha value is -1.59. The van der Waals surface area contributed by atoms with E-state index in [0.29, 0.717) is 11.2 Å². The highest BCUT2D eigenvalue weighted by molar-refractivity contribution is 7.99. The topological polar surface area (TPSA) is 57.8 Å². The molecule has 2 rings (SSSR count). The first kappa shape index (κ1) is 15.8. The van der Waals surface area contributed by atoms with Gasteiger partial charge in [-0.15, -0.1) is 0 Å². The van der Waals surface area contributed by atoms with Crippen molar-refractivity contribution in [2.45, 2.75) is 50.3 Å². The number of aromatic amines is 1. The van der Waals surface area contributed by atoms with Crippen LogP contribution >= 0.6 is 11.8 Å². The summed E-state index contributed by atoms with van der Waals surface area (Å²) < 4.78 is 0. The van der Waals surface area contributed by atoms with E-state index in [2.05, 4.69) is 54.3 Å². The molecule has 1 aromatic carbocycles. The van der Waals surface area contributed by atoms with Gasteiger partial charge in [0.1, 0.15) is 0 Å². The maximum atomic E-state index is 11.5. The second-order valence-electron chi connectivity index (χ2n) is 5.43. The molecule has 0 saturated carbocycles. The lowest BCUT2D eigenvalue weighted by Crippen LogP contribution is -2.21. The summed E-state index contributed by atoms with van der Waals surface area (Å²) in [5, 5.41) is 4.04. The van der Waals surface area contributed by atoms with Crippen molar-refractivity contribution >= 4 is 11.8 Å². The molecule has 2 aromatic rings. The predicted octanol–water partition coefficient (Wildman–Crippen LogP) is 3.04. The van der Waals surface area contributed by atoms with E-state index >= 15 is 0 Å². The highest BCUT2D eigenvalue weighted by Gasteiger charge is 2.06. The average molecular weight is 303 g/mol. The number of nitrogens with zero attached hydrogens (tertiary/aromatic N) is 1. The standard InChI is InChI=1S/C16H21N3OS/c1-10(2)17-9-13-5-6-14(11(3)7-13)21-16-18-12(4)8-15(20)19-16/h5-8,10,17H,9H2,1-4H3,(H,18,19,20). The Kier molecular flexibility index (Phi) is 5.20. The Morgan fingerprint density at radius 3 is 2.67 bits per heavy atom. The summed E-state index contributed by atoms with van der Waals surface area (Å²) in [5.74, 6) is 0. The Labute approximate surface area is 129 Å². The van der Waals surface area contributed by atoms with E-state index in [4.69, 9.17) is 0 Å². The highest BCUT2D eigenvalue weighted by atomic mass is 32.2. The summed E-state index contributed by atoms with van der Waals surface area (Å²) in [6, 6.07) is 8.34. The minimum absolute atomic E-state index is 0.111. The monoisotopic (exact) mass is 303 g/mol. The van der Waals surface area contributed by atoms with E-state index in [1.807, 2.05) is 6.92 Å². The molecule has 0 aliphatic rings. The SMILES string of the molecule is Cc1cc(=O)[nH]c(Sc2ccc(CNC(C)C)cc2C)n1. The van der Waals surface area contributed by atoms with Gasteiger partial charge >= 0.3 is 0 Å². The lowest BCUT2D eigenvalue weighted by Gasteiger charge is -2.11. The van der Waals surface area contributed by atoms with Gasteiger partial charge in [-0.2, -0.15) is 0 Å². The molecule has 0 radical (unpaired) electrons. The van der Waals surface area contributed by atoms with Crippen molar-refractivity contribution < 1.29 is 0 Å². The summed E-state index contributed by atoms with van der Waals surface area (Å²) in [5.41, 5.74) is 3.07. The van der Waals surface area contributed by atoms with E-state index in [1.165, 1.54) is 29.0 Å². The third-order valence-corrected chi connectivity index (χ3v) is 4.07. The van der Waals surface area contributed by atoms with Gasteiger partial charge in [-0.3, -0.25) is 4.79 Å². The second-order valence-corrected chi connectivity index (χ2v) is 6.46. The van der Waals surface area contributed by atoms with Gasteiger partial charge in [-0.05, 0) is 31.0 Å². The molecule has 0 aliphatic carbocycles. The molecule has 4 nitrogen and oxygen atoms in total. The molecule has 0 saturated heterocycles. The average Bonchev–Trinajstić information content (AvgIpc) is 2.38. The normalized spacial score (nSPS) is 11.1. The second kappa shape index (κ2) is 6.91. The van der Waals surface area contributed by atoms with E-state index in [9.17, 15) is 4.79 Å². The van der Waals surface area contributed by atoms with Gasteiger partial charge in [0.25, 0.3) is 5.56 Å². The zero-order chi connectivity index (χ0) is 15.4. The van der Waals surface area contributed by atoms with Crippen LogP contribution in [0.2, 0.25) is 0 Å². The summed E-state index contributed by atoms with van der Waals surface area (Å²) >= 11 is 1.49. The van der Waals surface area contributed by atoms with Crippen molar-refractivity contribution in [2.75, 3.05) is 0 Å². The number of hydrogen-bond acceptors (Lipinski definition) is 4. The molecular formula is C16H21N3OS. The summed E-state index contributed by atoms with van der Waals surface area (Å²) in [4.78, 5) is 19.7. The molecule has 0 spiro atoms. The number of aryl methyl sites for hydroxylation is 2. The largest absolute Gasteiger partial charge is 0.310 e. The van der Waals surface area contributed by atoms with Crippen LogP contribution in [-0.4, -0.2) is 16.0 Å². The van der Waals surface area contributed by atoms with Crippen LogP contribution in [0.1, 0.15) is 30.7 Å². The van der Waals surface area contributed by atoms with Crippen LogP contribution in [0.3, 0.4) is 0 Å². The van der Waals surface area contributed by atoms with Gasteiger partial charge in [0.2, 0.25) is 0 Å². The number of rotatable bonds is 5. The van der Waals surface area contributed by atoms with Gasteiger partial charge < -0.3 is 10.3 Å². The maximum Gasteiger partial charge on any atom is 0.251 e. The van der Waals surface area contributed by atoms with E-state index in [1.54, 1.807) is 0 Å². The zero-order valence-corrected chi connectivity index (χ0v) is 13.7. The van der Waals surface area contributed by atoms with Crippen LogP contribution in [-0.2, 0) is 6.54 Å². The fourth-order valence-electron chi connectivity index (χ4n) is 1.96. The predicted molar refractivity (Wildman–Crippen MR) is 86.9 cm³/mol. The molecule has 21 heavy (non-hydrogen) atoms. The van der Waals surface area contributed by atoms with Crippen molar-refractivity contribution in [3.63, 3.8) is 0 Å². The molecule has 0 amide bonds. The first-order valence-electron chi connectivity index (χ1n) is 7.03. The van der Waals surface area contributed by atoms with Crippen LogP contribution in [0.5, 0.6) is 0 Å². The Morgan fingerprint density at radius 1 is 1.29 bits per heavy atom. The number of hydrogen-bond donors (Lipinski definition) is 2. The Balaban J connectivity index is 2.15. The van der Waals surface area contributed by atoms with Crippen LogP contribution in [0.4, 0.5) is 0 Å². The molecule has 1 heterocycles. The van der Waals surface area contributed by atoms with Gasteiger partial charge in [-0.1, -0.05) is 37.7 Å². The van der Waals surface area contributed by atoms with Crippen LogP contribution in [0.15, 0.2) is 39.1 Å². The molecule has 0 bridgehead atoms. The summed E-state index contributed by atoms with van der Waals surface area (Å²) in [6.07, 6.45) is 0. The van der Waals surface area contributed by atoms with Gasteiger partial charge in [-0.25, -0.2) is 4.98 Å². The van der Waals surface area contributed by atoms with Crippen molar-refractivity contribution in [3.05, 3.63) is 51.4 Å². The summed E-state index contributed by atoms with van der Waals surface area (Å²) in [6.45, 7) is 9.04. The smallest absolute Gasteiger partial charge is 0.251 e. The number of aromatic nitrogens is 2. The lowest BCUT2D eigenvalue weighted by molar-refractivity contribution is 0.588. The first-order valence-corrected chi connectivity index (χ1v) is 7.84. The Morgan fingerprint density at radius 2 is 2.05 bits per heavy atom. The van der Waals surface area contributed by atoms with E-state index in [0.717, 1.165) is 17.1 Å². The van der Waals surface area contributed by atoms with Crippen LogP contribution in [0, 0.1) is 13.8 Å². The molecule has 0 unspecified atom stereocenters. The van der Waals surface area contributed by atoms with Crippen molar-refractivity contribution in [1.82, 2.24) is 15.3 Å². The van der Waals surface area contributed by atoms with Crippen LogP contribution < -0.4 is 10.9 Å². The fraction of sp³-hybridized carbons (Fsp3) is 0.375. The molecule has 112 valence electrons. The molecule has 0 fully saturated rings. The van der Waals surface area contributed by atoms with Crippen molar-refractivity contribution in [3.8, 4) is 0 Å². The van der Waals surface area contributed by atoms with Crippen LogP contribution in [0.25, 0.3) is 0 Å². The quantitative estimate of drug-likeness (QED) is 0.834. The minimum Gasteiger partial charge on any atom is -0.310 e. The van der Waals surface area contributed by atoms with Gasteiger partial charge in [0, 0.05) is 29.2 Å². The van der Waals surface area contributed by atoms with Gasteiger partial charge in [0.15, 0.2) is 5.16 Å². The van der Waals surface area contributed by atoms with Gasteiger partial charge in [0.05, 0.1) is 0 Å². The van der Waals surface area contributed by atoms with Crippen molar-refractivity contribution in [1.29, 1.82) is 0 Å². The maximum absolute atomic E-state index is 11.5. The third kappa shape index (κ3) is 4.72. The van der Waals surface area contributed by atoms with E-state index in [-0.39, 0.29) is 5.56 Å². The van der Waals surface area contributed by atoms with E-state index < -0.39 is 0 Å². The molecule has 1 aromatic heterocycles. The highest BCUT2D eigenvalue weighted by Crippen LogP contribution is 2.27. The summed E-state index contributed by atoms with van der Waals surface area (Å²) in [7, 11) is 0. The molecule has 0 aliphatic heterocycles.